The molecule has 0 saturated carbocycles. The maximum Gasteiger partial charge on any atom is 0.262 e. The Morgan fingerprint density at radius 3 is 2.35 bits per heavy atom. The Bertz CT molecular complexity index is 1740. The van der Waals surface area contributed by atoms with Crippen molar-refractivity contribution < 1.29 is 14.6 Å². The van der Waals surface area contributed by atoms with Crippen molar-refractivity contribution in [1.82, 2.24) is 14.9 Å². The summed E-state index contributed by atoms with van der Waals surface area (Å²) in [6.45, 7) is 4.08. The van der Waals surface area contributed by atoms with Crippen molar-refractivity contribution in [3.05, 3.63) is 132 Å². The number of para-hydroxylation sites is 1. The van der Waals surface area contributed by atoms with Gasteiger partial charge in [-0.25, -0.2) is 0 Å². The predicted molar refractivity (Wildman–Crippen MR) is 172 cm³/mol. The molecule has 3 N–H and O–H groups in total. The third kappa shape index (κ3) is 5.80. The van der Waals surface area contributed by atoms with Crippen molar-refractivity contribution in [3.63, 3.8) is 0 Å². The first-order valence-electron chi connectivity index (χ1n) is 14.0. The van der Waals surface area contributed by atoms with Gasteiger partial charge in [0.05, 0.1) is 17.8 Å². The van der Waals surface area contributed by atoms with Crippen LogP contribution in [-0.2, 0) is 4.79 Å². The standard InChI is InChI=1S/C34H31N5O3S/c1-22-20-29(23(2)38(22)25-15-17-27(40)18-16-25)33-32(30-10-6-7-19-35-30)37-34(43)39(33)26-13-11-24(12-14-26)36-31(41)21-42-28-8-4-3-5-9-28/h3-20,32-33,40H,21H2,1-2H3,(H,36,41)(H,37,43)/t32-,33-/m1/s1. The zero-order valence-electron chi connectivity index (χ0n) is 23.8. The third-order valence-electron chi connectivity index (χ3n) is 7.54. The first kappa shape index (κ1) is 28.0. The molecule has 1 fully saturated rings. The van der Waals surface area contributed by atoms with Gasteiger partial charge in [0.15, 0.2) is 11.7 Å². The minimum atomic E-state index is -0.246. The van der Waals surface area contributed by atoms with Gasteiger partial charge in [-0.3, -0.25) is 9.78 Å². The number of aryl methyl sites for hydroxylation is 1. The highest BCUT2D eigenvalue weighted by molar-refractivity contribution is 7.80. The summed E-state index contributed by atoms with van der Waals surface area (Å²) in [5.74, 6) is 0.618. The molecule has 2 atom stereocenters. The first-order chi connectivity index (χ1) is 20.9. The van der Waals surface area contributed by atoms with Gasteiger partial charge in [0, 0.05) is 34.6 Å². The second-order valence-corrected chi connectivity index (χ2v) is 10.8. The van der Waals surface area contributed by atoms with E-state index in [2.05, 4.69) is 45.0 Å². The number of aromatic hydroxyl groups is 1. The number of anilines is 2. The molecule has 2 aromatic heterocycles. The number of ether oxygens (including phenoxy) is 1. The molecule has 1 aliphatic heterocycles. The van der Waals surface area contributed by atoms with Gasteiger partial charge >= 0.3 is 0 Å². The molecule has 6 rings (SSSR count). The predicted octanol–water partition coefficient (Wildman–Crippen LogP) is 6.39. The monoisotopic (exact) mass is 589 g/mol. The molecule has 1 aliphatic rings. The van der Waals surface area contributed by atoms with Gasteiger partial charge in [0.1, 0.15) is 11.5 Å². The lowest BCUT2D eigenvalue weighted by atomic mass is 9.96. The first-order valence-corrected chi connectivity index (χ1v) is 14.4. The number of benzene rings is 3. The lowest BCUT2D eigenvalue weighted by Gasteiger charge is -2.28. The Balaban J connectivity index is 1.30. The zero-order chi connectivity index (χ0) is 29.9. The minimum Gasteiger partial charge on any atom is -0.508 e. The summed E-state index contributed by atoms with van der Waals surface area (Å²) in [6.07, 6.45) is 1.79. The van der Waals surface area contributed by atoms with Crippen LogP contribution in [0.4, 0.5) is 11.4 Å². The number of thiocarbonyl (C=S) groups is 1. The van der Waals surface area contributed by atoms with Crippen LogP contribution in [0, 0.1) is 13.8 Å². The van der Waals surface area contributed by atoms with Crippen LogP contribution < -0.4 is 20.3 Å². The number of pyridine rings is 1. The fourth-order valence-electron chi connectivity index (χ4n) is 5.60. The Labute approximate surface area is 255 Å². The smallest absolute Gasteiger partial charge is 0.262 e. The topological polar surface area (TPSA) is 91.7 Å². The lowest BCUT2D eigenvalue weighted by Crippen LogP contribution is -2.29. The number of hydrogen-bond acceptors (Lipinski definition) is 5. The maximum atomic E-state index is 12.5. The van der Waals surface area contributed by atoms with Crippen LogP contribution in [0.25, 0.3) is 5.69 Å². The number of nitrogens with zero attached hydrogens (tertiary/aromatic N) is 3. The van der Waals surface area contributed by atoms with Crippen LogP contribution >= 0.6 is 12.2 Å². The van der Waals surface area contributed by atoms with Gasteiger partial charge in [0.25, 0.3) is 5.91 Å². The van der Waals surface area contributed by atoms with E-state index in [0.29, 0.717) is 16.5 Å². The number of phenols is 1. The largest absolute Gasteiger partial charge is 0.508 e. The summed E-state index contributed by atoms with van der Waals surface area (Å²) < 4.78 is 7.75. The molecule has 1 amide bonds. The summed E-state index contributed by atoms with van der Waals surface area (Å²) in [7, 11) is 0. The number of aromatic nitrogens is 2. The summed E-state index contributed by atoms with van der Waals surface area (Å²) in [5, 5.41) is 16.8. The normalized spacial score (nSPS) is 16.1. The number of carbonyl (C=O) groups excluding carboxylic acids is 1. The summed E-state index contributed by atoms with van der Waals surface area (Å²) >= 11 is 5.92. The zero-order valence-corrected chi connectivity index (χ0v) is 24.6. The van der Waals surface area contributed by atoms with Crippen molar-refractivity contribution in [3.8, 4) is 17.2 Å². The lowest BCUT2D eigenvalue weighted by molar-refractivity contribution is -0.118. The van der Waals surface area contributed by atoms with Gasteiger partial charge in [-0.05, 0) is 110 Å². The highest BCUT2D eigenvalue weighted by Crippen LogP contribution is 2.44. The fraction of sp³-hybridized carbons (Fsp3) is 0.147. The van der Waals surface area contributed by atoms with Crippen molar-refractivity contribution in [2.45, 2.75) is 25.9 Å². The van der Waals surface area contributed by atoms with E-state index in [4.69, 9.17) is 17.0 Å². The van der Waals surface area contributed by atoms with Crippen molar-refractivity contribution in [1.29, 1.82) is 0 Å². The molecule has 3 heterocycles. The molecule has 0 aliphatic carbocycles. The fourth-order valence-corrected chi connectivity index (χ4v) is 5.95. The van der Waals surface area contributed by atoms with Crippen LogP contribution in [0.3, 0.4) is 0 Å². The number of hydrogen-bond donors (Lipinski definition) is 3. The summed E-state index contributed by atoms with van der Waals surface area (Å²) in [5.41, 5.74) is 6.61. The molecular formula is C34H31N5O3S. The Morgan fingerprint density at radius 2 is 1.65 bits per heavy atom. The number of rotatable bonds is 8. The second-order valence-electron chi connectivity index (χ2n) is 10.4. The maximum absolute atomic E-state index is 12.5. The number of amides is 1. The van der Waals surface area contributed by atoms with Crippen molar-refractivity contribution in [2.75, 3.05) is 16.8 Å². The minimum absolute atomic E-state index is 0.0869. The number of phenolic OH excluding ortho intramolecular Hbond substituents is 1. The molecule has 8 nitrogen and oxygen atoms in total. The molecule has 216 valence electrons. The van der Waals surface area contributed by atoms with E-state index in [1.165, 1.54) is 0 Å². The number of carbonyl (C=O) groups is 1. The highest BCUT2D eigenvalue weighted by Gasteiger charge is 2.42. The van der Waals surface area contributed by atoms with Crippen LogP contribution in [-0.4, -0.2) is 32.3 Å². The van der Waals surface area contributed by atoms with Gasteiger partial charge in [-0.15, -0.1) is 0 Å². The van der Waals surface area contributed by atoms with Gasteiger partial charge in [0.2, 0.25) is 0 Å². The van der Waals surface area contributed by atoms with Gasteiger partial charge < -0.3 is 29.9 Å². The molecule has 9 heteroatoms. The van der Waals surface area contributed by atoms with E-state index in [9.17, 15) is 9.90 Å². The van der Waals surface area contributed by atoms with Crippen LogP contribution in [0.5, 0.6) is 11.5 Å². The average Bonchev–Trinajstić information content (AvgIpc) is 3.52. The molecule has 0 radical (unpaired) electrons. The SMILES string of the molecule is Cc1cc([C@@H]2[C@@H](c3ccccn3)NC(=S)N2c2ccc(NC(=O)COc3ccccc3)cc2)c(C)n1-c1ccc(O)cc1. The van der Waals surface area contributed by atoms with Gasteiger partial charge in [-0.2, -0.15) is 0 Å². The van der Waals surface area contributed by atoms with E-state index < -0.39 is 0 Å². The molecule has 5 aromatic rings. The molecule has 43 heavy (non-hydrogen) atoms. The molecular weight excluding hydrogens is 558 g/mol. The van der Waals surface area contributed by atoms with E-state index in [0.717, 1.165) is 34.0 Å². The summed E-state index contributed by atoms with van der Waals surface area (Å²) in [6, 6.07) is 31.7. The molecule has 1 saturated heterocycles. The van der Waals surface area contributed by atoms with Crippen LogP contribution in [0.15, 0.2) is 109 Å². The van der Waals surface area contributed by atoms with Crippen molar-refractivity contribution >= 4 is 34.6 Å². The second kappa shape index (κ2) is 12.0. The average molecular weight is 590 g/mol. The molecule has 0 unspecified atom stereocenters. The molecule has 0 bridgehead atoms. The van der Waals surface area contributed by atoms with E-state index in [-0.39, 0.29) is 30.3 Å². The summed E-state index contributed by atoms with van der Waals surface area (Å²) in [4.78, 5) is 19.3. The Morgan fingerprint density at radius 1 is 0.953 bits per heavy atom. The van der Waals surface area contributed by atoms with Crippen molar-refractivity contribution in [2.24, 2.45) is 0 Å². The van der Waals surface area contributed by atoms with Crippen LogP contribution in [0.1, 0.15) is 34.7 Å². The highest BCUT2D eigenvalue weighted by atomic mass is 32.1. The van der Waals surface area contributed by atoms with E-state index >= 15 is 0 Å². The quantitative estimate of drug-likeness (QED) is 0.181. The molecule has 0 spiro atoms. The Hall–Kier alpha value is -5.15. The Kier molecular flexibility index (Phi) is 7.81. The van der Waals surface area contributed by atoms with Gasteiger partial charge in [-0.1, -0.05) is 24.3 Å². The van der Waals surface area contributed by atoms with Crippen LogP contribution in [0.2, 0.25) is 0 Å². The number of nitrogens with one attached hydrogen (secondary N) is 2. The third-order valence-corrected chi connectivity index (χ3v) is 7.85. The van der Waals surface area contributed by atoms with E-state index in [1.54, 1.807) is 18.3 Å². The molecule has 3 aromatic carbocycles. The van der Waals surface area contributed by atoms with E-state index in [1.807, 2.05) is 84.9 Å².